The molecule has 2 atom stereocenters. The van der Waals surface area contributed by atoms with E-state index in [-0.39, 0.29) is 34.0 Å². The van der Waals surface area contributed by atoms with E-state index >= 15 is 0 Å². The number of benzene rings is 1. The molecule has 5 heterocycles. The summed E-state index contributed by atoms with van der Waals surface area (Å²) in [5.74, 6) is 0.000566. The molecule has 4 aliphatic carbocycles. The van der Waals surface area contributed by atoms with Gasteiger partial charge in [-0.25, -0.2) is 14.8 Å². The molecule has 2 unspecified atom stereocenters. The van der Waals surface area contributed by atoms with Gasteiger partial charge in [-0.3, -0.25) is 9.48 Å². The Balaban J connectivity index is 0.953. The summed E-state index contributed by atoms with van der Waals surface area (Å²) < 4.78 is 10.8. The molecule has 1 aliphatic heterocycles. The number of rotatable bonds is 14. The first kappa shape index (κ1) is 40.4. The van der Waals surface area contributed by atoms with Gasteiger partial charge in [-0.05, 0) is 106 Å². The predicted molar refractivity (Wildman–Crippen MR) is 231 cm³/mol. The quantitative estimate of drug-likeness (QED) is 0.0920. The number of aromatic carboxylic acids is 1. The Bertz CT molecular complexity index is 2460. The van der Waals surface area contributed by atoms with Crippen molar-refractivity contribution in [1.29, 1.82) is 0 Å². The summed E-state index contributed by atoms with van der Waals surface area (Å²) in [4.78, 5) is 35.7. The molecule has 0 radical (unpaired) electrons. The normalized spacial score (nSPS) is 25.8. The van der Waals surface area contributed by atoms with Crippen LogP contribution in [0.4, 0.5) is 22.6 Å². The highest BCUT2D eigenvalue weighted by Crippen LogP contribution is 2.72. The van der Waals surface area contributed by atoms with E-state index in [0.717, 1.165) is 95.8 Å². The number of ether oxygens (including phenoxy) is 1. The minimum atomic E-state index is -1.10. The lowest BCUT2D eigenvalue weighted by Crippen LogP contribution is -2.64. The van der Waals surface area contributed by atoms with Crippen LogP contribution >= 0.6 is 11.3 Å². The molecule has 5 aliphatic rings. The van der Waals surface area contributed by atoms with Gasteiger partial charge in [0, 0.05) is 41.0 Å². The number of para-hydroxylation sites is 1. The van der Waals surface area contributed by atoms with Gasteiger partial charge >= 0.3 is 11.9 Å². The van der Waals surface area contributed by atoms with Crippen molar-refractivity contribution in [3.63, 3.8) is 0 Å². The van der Waals surface area contributed by atoms with Crippen molar-refractivity contribution >= 4 is 56.1 Å². The third kappa shape index (κ3) is 7.53. The van der Waals surface area contributed by atoms with Crippen molar-refractivity contribution in [2.45, 2.75) is 97.6 Å². The lowest BCUT2D eigenvalue weighted by Gasteiger charge is -2.69. The van der Waals surface area contributed by atoms with Crippen molar-refractivity contribution in [3.05, 3.63) is 65.1 Å². The van der Waals surface area contributed by atoms with Crippen LogP contribution < -0.4 is 10.2 Å². The SMILES string of the molecule is Cc1c(Nc2nc3ccccc3s2)nnc2c1CCCN2c1ccc(-c2cnn(CC34CC5(C)CC(C)(C3)CC(OCC[N+](C)(C)CCC(=O)O)(C5)C4)c2C)c(C(=O)O)n1. The minimum absolute atomic E-state index is 0.0116. The molecule has 15 heteroatoms. The largest absolute Gasteiger partial charge is 0.481 e. The first-order valence-corrected chi connectivity index (χ1v) is 22.0. The van der Waals surface area contributed by atoms with E-state index in [1.807, 2.05) is 55.1 Å². The molecule has 0 amide bonds. The fourth-order valence-electron chi connectivity index (χ4n) is 12.3. The van der Waals surface area contributed by atoms with Crippen LogP contribution in [0.15, 0.2) is 42.6 Å². The molecule has 3 N–H and O–H groups in total. The standard InChI is InChI=1S/C45H55N9O5S/c1-28-30-10-9-16-52(39(30)51-50-38(28)49-41-47-33-11-7-8-12-34(33)60-41)35-14-13-31(37(48-35)40(57)58)32-20-46-53(29(32)2)27-44-22-42(3)21-43(4,23-44)25-45(24-42,26-44)59-19-18-54(5,6)17-15-36(55)56/h7-8,11-14,20H,9-10,15-19,21-27H2,1-6H3,(H2-,47,49,50,55,56,57,58)/p+1. The van der Waals surface area contributed by atoms with Gasteiger partial charge in [-0.2, -0.15) is 5.10 Å². The Hall–Kier alpha value is -4.99. The number of pyridine rings is 1. The molecular formula is C45H56N9O5S+. The lowest BCUT2D eigenvalue weighted by molar-refractivity contribution is -0.890. The fourth-order valence-corrected chi connectivity index (χ4v) is 13.2. The number of hydrogen-bond acceptors (Lipinski definition) is 11. The van der Waals surface area contributed by atoms with Gasteiger partial charge in [0.25, 0.3) is 0 Å². The van der Waals surface area contributed by atoms with Crippen molar-refractivity contribution < 1.29 is 29.0 Å². The van der Waals surface area contributed by atoms with Gasteiger partial charge in [0.15, 0.2) is 22.5 Å². The lowest BCUT2D eigenvalue weighted by atomic mass is 9.39. The van der Waals surface area contributed by atoms with E-state index < -0.39 is 11.9 Å². The number of quaternary nitrogens is 1. The molecule has 4 bridgehead atoms. The van der Waals surface area contributed by atoms with E-state index in [0.29, 0.717) is 47.2 Å². The van der Waals surface area contributed by atoms with Gasteiger partial charge in [-0.1, -0.05) is 37.3 Å². The maximum atomic E-state index is 13.0. The third-order valence-corrected chi connectivity index (χ3v) is 14.8. The average Bonchev–Trinajstić information content (AvgIpc) is 3.74. The first-order valence-electron chi connectivity index (χ1n) is 21.2. The number of aromatic nitrogens is 6. The summed E-state index contributed by atoms with van der Waals surface area (Å²) in [6.07, 6.45) is 10.1. The van der Waals surface area contributed by atoms with E-state index in [1.165, 1.54) is 6.42 Å². The van der Waals surface area contributed by atoms with Crippen molar-refractivity contribution in [2.24, 2.45) is 16.2 Å². The molecule has 4 saturated carbocycles. The van der Waals surface area contributed by atoms with E-state index in [2.05, 4.69) is 48.1 Å². The Labute approximate surface area is 354 Å². The summed E-state index contributed by atoms with van der Waals surface area (Å²) in [6, 6.07) is 11.8. The average molecular weight is 835 g/mol. The molecular weight excluding hydrogens is 779 g/mol. The second-order valence-electron chi connectivity index (χ2n) is 19.8. The molecule has 14 nitrogen and oxygen atoms in total. The molecule has 316 valence electrons. The van der Waals surface area contributed by atoms with Crippen LogP contribution in [0.1, 0.15) is 92.5 Å². The number of carboxylic acid groups (broad SMARTS) is 2. The van der Waals surface area contributed by atoms with E-state index in [4.69, 9.17) is 19.8 Å². The minimum Gasteiger partial charge on any atom is -0.481 e. The van der Waals surface area contributed by atoms with Gasteiger partial charge < -0.3 is 29.6 Å². The molecule has 1 aromatic carbocycles. The number of likely N-dealkylation sites (N-methyl/N-ethyl adjacent to an activating group) is 1. The number of aliphatic carboxylic acids is 1. The summed E-state index contributed by atoms with van der Waals surface area (Å²) in [5.41, 5.74) is 5.24. The number of thiazole rings is 1. The summed E-state index contributed by atoms with van der Waals surface area (Å²) >= 11 is 1.57. The van der Waals surface area contributed by atoms with Gasteiger partial charge in [0.1, 0.15) is 12.4 Å². The van der Waals surface area contributed by atoms with E-state index in [1.54, 1.807) is 17.5 Å². The highest BCUT2D eigenvalue weighted by atomic mass is 32.1. The number of hydrogen-bond donors (Lipinski definition) is 3. The summed E-state index contributed by atoms with van der Waals surface area (Å²) in [6.45, 7) is 12.2. The van der Waals surface area contributed by atoms with Gasteiger partial charge in [0.05, 0.1) is 55.7 Å². The van der Waals surface area contributed by atoms with Crippen LogP contribution in [-0.4, -0.2) is 103 Å². The molecule has 10 rings (SSSR count). The number of fused-ring (bicyclic) bond motifs is 2. The van der Waals surface area contributed by atoms with Crippen LogP contribution in [0.5, 0.6) is 0 Å². The molecule has 0 spiro atoms. The summed E-state index contributed by atoms with van der Waals surface area (Å²) in [5, 5.41) is 38.2. The first-order chi connectivity index (χ1) is 28.5. The Morgan fingerprint density at radius 2 is 1.70 bits per heavy atom. The summed E-state index contributed by atoms with van der Waals surface area (Å²) in [7, 11) is 4.16. The maximum absolute atomic E-state index is 13.0. The van der Waals surface area contributed by atoms with Crippen molar-refractivity contribution in [2.75, 3.05) is 50.6 Å². The van der Waals surface area contributed by atoms with Crippen molar-refractivity contribution in [1.82, 2.24) is 29.9 Å². The van der Waals surface area contributed by atoms with Crippen LogP contribution in [-0.2, 0) is 22.5 Å². The highest BCUT2D eigenvalue weighted by molar-refractivity contribution is 7.22. The number of carbonyl (C=O) groups is 2. The van der Waals surface area contributed by atoms with E-state index in [9.17, 15) is 19.8 Å². The number of nitrogens with zero attached hydrogens (tertiary/aromatic N) is 8. The second kappa shape index (κ2) is 14.6. The van der Waals surface area contributed by atoms with Gasteiger partial charge in [0.2, 0.25) is 0 Å². The Morgan fingerprint density at radius 3 is 2.43 bits per heavy atom. The van der Waals surface area contributed by atoms with Crippen LogP contribution in [0, 0.1) is 30.1 Å². The number of carboxylic acids is 2. The number of nitrogens with one attached hydrogen (secondary N) is 1. The highest BCUT2D eigenvalue weighted by Gasteiger charge is 2.66. The molecule has 4 fully saturated rings. The maximum Gasteiger partial charge on any atom is 0.355 e. The molecule has 0 saturated heterocycles. The zero-order chi connectivity index (χ0) is 42.2. The van der Waals surface area contributed by atoms with Crippen molar-refractivity contribution in [3.8, 4) is 11.1 Å². The Morgan fingerprint density at radius 1 is 0.933 bits per heavy atom. The van der Waals surface area contributed by atoms with Crippen LogP contribution in [0.3, 0.4) is 0 Å². The topological polar surface area (TPSA) is 168 Å². The van der Waals surface area contributed by atoms with Gasteiger partial charge in [-0.15, -0.1) is 10.2 Å². The molecule has 5 aromatic rings. The zero-order valence-corrected chi connectivity index (χ0v) is 36.4. The predicted octanol–water partition coefficient (Wildman–Crippen LogP) is 8.17. The fraction of sp³-hybridized carbons (Fsp3) is 0.533. The van der Waals surface area contributed by atoms with Crippen LogP contribution in [0.25, 0.3) is 21.3 Å². The number of anilines is 4. The monoisotopic (exact) mass is 834 g/mol. The molecule has 60 heavy (non-hydrogen) atoms. The smallest absolute Gasteiger partial charge is 0.355 e. The second-order valence-corrected chi connectivity index (χ2v) is 20.8. The van der Waals surface area contributed by atoms with Crippen LogP contribution in [0.2, 0.25) is 0 Å². The third-order valence-electron chi connectivity index (χ3n) is 13.8. The zero-order valence-electron chi connectivity index (χ0n) is 35.5. The molecule has 4 aromatic heterocycles. The Kier molecular flexibility index (Phi) is 9.82.